The maximum Gasteiger partial charge on any atom is 0.117 e. The highest BCUT2D eigenvalue weighted by Gasteiger charge is 2.37. The van der Waals surface area contributed by atoms with E-state index in [0.717, 1.165) is 51.1 Å². The number of hydrogen-bond acceptors (Lipinski definition) is 6. The fraction of sp³-hybridized carbons (Fsp3) is 0.106. The lowest BCUT2D eigenvalue weighted by molar-refractivity contribution is 0.632. The molecule has 0 bridgehead atoms. The van der Waals surface area contributed by atoms with Crippen LogP contribution in [-0.2, 0) is 5.41 Å². The molecule has 0 aliphatic carbocycles. The van der Waals surface area contributed by atoms with Crippen LogP contribution >= 0.6 is 0 Å². The molecule has 7 aromatic carbocycles. The van der Waals surface area contributed by atoms with E-state index in [0.29, 0.717) is 6.54 Å². The summed E-state index contributed by atoms with van der Waals surface area (Å²) in [5, 5.41) is 11.5. The van der Waals surface area contributed by atoms with Crippen molar-refractivity contribution < 1.29 is 0 Å². The number of hydrogen-bond donors (Lipinski definition) is 0. The monoisotopic (exact) mass is 686 g/mol. The SMILES string of the molecule is CC1(C)c2ccccc2N(c2ccc(C3CN(c4cccc(N5c6ccccc6N(c6ccccc6)c6ccccc65)c4)N=N3)cc2)c2ccccc21. The van der Waals surface area contributed by atoms with Crippen LogP contribution in [0, 0.1) is 0 Å². The van der Waals surface area contributed by atoms with Crippen molar-refractivity contribution in [3.8, 4) is 0 Å². The maximum absolute atomic E-state index is 4.77. The molecule has 3 aliphatic rings. The van der Waals surface area contributed by atoms with Crippen molar-refractivity contribution >= 4 is 56.9 Å². The third-order valence-corrected chi connectivity index (χ3v) is 10.9. The molecule has 6 heteroatoms. The predicted molar refractivity (Wildman–Crippen MR) is 218 cm³/mol. The Bertz CT molecular complexity index is 2410. The average molecular weight is 687 g/mol. The fourth-order valence-corrected chi connectivity index (χ4v) is 8.35. The third kappa shape index (κ3) is 5.01. The van der Waals surface area contributed by atoms with Crippen LogP contribution in [-0.4, -0.2) is 6.54 Å². The van der Waals surface area contributed by atoms with Crippen molar-refractivity contribution in [3.63, 3.8) is 0 Å². The molecule has 1 atom stereocenters. The zero-order valence-corrected chi connectivity index (χ0v) is 29.7. The zero-order chi connectivity index (χ0) is 35.5. The molecule has 3 heterocycles. The van der Waals surface area contributed by atoms with Crippen molar-refractivity contribution in [2.24, 2.45) is 10.3 Å². The highest BCUT2D eigenvalue weighted by atomic mass is 15.6. The van der Waals surface area contributed by atoms with Crippen molar-refractivity contribution in [2.75, 3.05) is 26.3 Å². The summed E-state index contributed by atoms with van der Waals surface area (Å²) in [6.07, 6.45) is 0. The van der Waals surface area contributed by atoms with Crippen molar-refractivity contribution in [2.45, 2.75) is 25.3 Å². The van der Waals surface area contributed by atoms with Crippen LogP contribution < -0.4 is 19.7 Å². The summed E-state index contributed by atoms with van der Waals surface area (Å²) in [6, 6.07) is 62.8. The minimum Gasteiger partial charge on any atom is -0.310 e. The highest BCUT2D eigenvalue weighted by Crippen LogP contribution is 2.55. The van der Waals surface area contributed by atoms with Crippen LogP contribution in [0.15, 0.2) is 186 Å². The quantitative estimate of drug-likeness (QED) is 0.181. The van der Waals surface area contributed by atoms with E-state index < -0.39 is 0 Å². The van der Waals surface area contributed by atoms with E-state index in [1.165, 1.54) is 22.5 Å². The largest absolute Gasteiger partial charge is 0.310 e. The summed E-state index contributed by atoms with van der Waals surface area (Å²) < 4.78 is 0. The molecule has 10 rings (SSSR count). The van der Waals surface area contributed by atoms with Crippen molar-refractivity contribution in [1.82, 2.24) is 0 Å². The number of fused-ring (bicyclic) bond motifs is 4. The topological polar surface area (TPSA) is 37.7 Å². The number of rotatable bonds is 5. The van der Waals surface area contributed by atoms with Gasteiger partial charge >= 0.3 is 0 Å². The Kier molecular flexibility index (Phi) is 7.18. The van der Waals surface area contributed by atoms with Gasteiger partial charge in [-0.2, -0.15) is 5.11 Å². The van der Waals surface area contributed by atoms with Crippen LogP contribution in [0.3, 0.4) is 0 Å². The lowest BCUT2D eigenvalue weighted by Gasteiger charge is -2.42. The molecule has 0 aromatic heterocycles. The first kappa shape index (κ1) is 31.1. The van der Waals surface area contributed by atoms with Gasteiger partial charge in [0.05, 0.1) is 46.4 Å². The molecule has 0 saturated carbocycles. The minimum atomic E-state index is -0.0854. The fourth-order valence-electron chi connectivity index (χ4n) is 8.35. The van der Waals surface area contributed by atoms with E-state index in [1.54, 1.807) is 0 Å². The smallest absolute Gasteiger partial charge is 0.117 e. The lowest BCUT2D eigenvalue weighted by Crippen LogP contribution is -2.30. The van der Waals surface area contributed by atoms with Crippen molar-refractivity contribution in [3.05, 3.63) is 193 Å². The average Bonchev–Trinajstić information content (AvgIpc) is 3.71. The van der Waals surface area contributed by atoms with E-state index in [1.807, 2.05) is 5.01 Å². The van der Waals surface area contributed by atoms with Crippen LogP contribution in [0.4, 0.5) is 56.9 Å². The summed E-state index contributed by atoms with van der Waals surface area (Å²) in [5.74, 6) is 0. The van der Waals surface area contributed by atoms with Crippen LogP contribution in [0.25, 0.3) is 0 Å². The summed E-state index contributed by atoms with van der Waals surface area (Å²) in [4.78, 5) is 7.10. The van der Waals surface area contributed by atoms with E-state index in [9.17, 15) is 0 Å². The first-order chi connectivity index (χ1) is 26.1. The summed E-state index contributed by atoms with van der Waals surface area (Å²) >= 11 is 0. The Morgan fingerprint density at radius 3 is 1.45 bits per heavy atom. The summed E-state index contributed by atoms with van der Waals surface area (Å²) in [7, 11) is 0. The second-order valence-electron chi connectivity index (χ2n) is 14.4. The molecular weight excluding hydrogens is 649 g/mol. The number of anilines is 10. The standard InChI is InChI=1S/C47H38N6/c1-47(2)38-19-6-8-21-41(38)51(42-22-9-7-20-39(42)47)35-29-27-33(28-30-35)40-32-50(49-48-40)36-17-14-18-37(31-36)53-45-25-12-10-23-43(45)52(34-15-4-3-5-16-34)44-24-11-13-26-46(44)53/h3-31,40H,32H2,1-2H3. The van der Waals surface area contributed by atoms with E-state index >= 15 is 0 Å². The summed E-state index contributed by atoms with van der Waals surface area (Å²) in [5.41, 5.74) is 15.0. The maximum atomic E-state index is 4.77. The van der Waals surface area contributed by atoms with Gasteiger partial charge in [0.25, 0.3) is 0 Å². The third-order valence-electron chi connectivity index (χ3n) is 10.9. The second kappa shape index (κ2) is 12.2. The van der Waals surface area contributed by atoms with E-state index in [-0.39, 0.29) is 11.5 Å². The van der Waals surface area contributed by atoms with Gasteiger partial charge in [-0.1, -0.05) is 116 Å². The van der Waals surface area contributed by atoms with Gasteiger partial charge in [0.2, 0.25) is 0 Å². The Morgan fingerprint density at radius 2 is 0.868 bits per heavy atom. The first-order valence-electron chi connectivity index (χ1n) is 18.3. The van der Waals surface area contributed by atoms with Gasteiger partial charge in [0.1, 0.15) is 6.04 Å². The second-order valence-corrected chi connectivity index (χ2v) is 14.4. The molecule has 0 saturated heterocycles. The Morgan fingerprint density at radius 1 is 0.434 bits per heavy atom. The molecular formula is C47H38N6. The predicted octanol–water partition coefficient (Wildman–Crippen LogP) is 13.0. The number of nitrogens with zero attached hydrogens (tertiary/aromatic N) is 6. The highest BCUT2D eigenvalue weighted by molar-refractivity contribution is 6.01. The molecule has 7 aromatic rings. The van der Waals surface area contributed by atoms with E-state index in [4.69, 9.17) is 10.3 Å². The van der Waals surface area contributed by atoms with Gasteiger partial charge < -0.3 is 14.7 Å². The van der Waals surface area contributed by atoms with Crippen LogP contribution in [0.1, 0.15) is 36.6 Å². The minimum absolute atomic E-state index is 0.0663. The molecule has 0 N–H and O–H groups in total. The molecule has 1 unspecified atom stereocenters. The van der Waals surface area contributed by atoms with Gasteiger partial charge in [-0.05, 0) is 95.6 Å². The van der Waals surface area contributed by atoms with Gasteiger partial charge in [-0.3, -0.25) is 0 Å². The van der Waals surface area contributed by atoms with Crippen molar-refractivity contribution in [1.29, 1.82) is 0 Å². The van der Waals surface area contributed by atoms with E-state index in [2.05, 4.69) is 204 Å². The molecule has 3 aliphatic heterocycles. The van der Waals surface area contributed by atoms with Gasteiger partial charge in [-0.15, -0.1) is 0 Å². The lowest BCUT2D eigenvalue weighted by atomic mass is 9.73. The first-order valence-corrected chi connectivity index (χ1v) is 18.3. The zero-order valence-electron chi connectivity index (χ0n) is 29.7. The molecule has 256 valence electrons. The molecule has 0 fully saturated rings. The van der Waals surface area contributed by atoms with Gasteiger partial charge in [0, 0.05) is 22.5 Å². The van der Waals surface area contributed by atoms with Gasteiger partial charge in [0.15, 0.2) is 0 Å². The Hall–Kier alpha value is -6.66. The molecule has 0 spiro atoms. The summed E-state index contributed by atoms with van der Waals surface area (Å²) in [6.45, 7) is 5.31. The molecule has 0 radical (unpaired) electrons. The molecule has 0 amide bonds. The Labute approximate surface area is 310 Å². The number of benzene rings is 7. The van der Waals surface area contributed by atoms with Gasteiger partial charge in [-0.25, -0.2) is 5.01 Å². The van der Waals surface area contributed by atoms with Crippen LogP contribution in [0.2, 0.25) is 0 Å². The molecule has 53 heavy (non-hydrogen) atoms. The van der Waals surface area contributed by atoms with Crippen LogP contribution in [0.5, 0.6) is 0 Å². The molecule has 6 nitrogen and oxygen atoms in total. The Balaban J connectivity index is 0.938. The number of para-hydroxylation sites is 7. The normalized spacial score (nSPS) is 16.5.